The fraction of sp³-hybridized carbons (Fsp3) is 1.00. The highest BCUT2D eigenvalue weighted by Crippen LogP contribution is 2.33. The molecule has 2 atom stereocenters. The number of piperazine rings is 1. The van der Waals surface area contributed by atoms with Crippen LogP contribution >= 0.6 is 0 Å². The van der Waals surface area contributed by atoms with E-state index in [1.807, 2.05) is 13.8 Å². The third kappa shape index (κ3) is 2.85. The molecule has 3 aliphatic rings. The quantitative estimate of drug-likeness (QED) is 0.760. The standard InChI is InChI=1S/C13H25N3O4S/c1-11-12(2)16(8-5-14-11)21(17,18)15-6-3-13(4-7-15)19-9-10-20-13/h11-12,14H,3-10H2,1-2H3. The normalized spacial score (nSPS) is 35.3. The zero-order valence-electron chi connectivity index (χ0n) is 12.7. The van der Waals surface area contributed by atoms with Gasteiger partial charge in [0.25, 0.3) is 10.2 Å². The van der Waals surface area contributed by atoms with Crippen molar-refractivity contribution in [2.24, 2.45) is 0 Å². The minimum Gasteiger partial charge on any atom is -0.347 e. The molecule has 3 heterocycles. The molecular formula is C13H25N3O4S. The summed E-state index contributed by atoms with van der Waals surface area (Å²) < 4.78 is 40.2. The molecule has 3 fully saturated rings. The molecule has 122 valence electrons. The van der Waals surface area contributed by atoms with Crippen LogP contribution in [0.4, 0.5) is 0 Å². The van der Waals surface area contributed by atoms with Crippen LogP contribution in [-0.4, -0.2) is 74.3 Å². The summed E-state index contributed by atoms with van der Waals surface area (Å²) >= 11 is 0. The second-order valence-corrected chi connectivity index (χ2v) is 7.99. The lowest BCUT2D eigenvalue weighted by molar-refractivity contribution is -0.179. The van der Waals surface area contributed by atoms with Crippen LogP contribution in [0.1, 0.15) is 26.7 Å². The Kier molecular flexibility index (Phi) is 4.28. The van der Waals surface area contributed by atoms with Gasteiger partial charge in [-0.15, -0.1) is 0 Å². The largest absolute Gasteiger partial charge is 0.347 e. The second kappa shape index (κ2) is 5.75. The number of nitrogens with one attached hydrogen (secondary N) is 1. The highest BCUT2D eigenvalue weighted by Gasteiger charge is 2.45. The second-order valence-electron chi connectivity index (χ2n) is 6.11. The summed E-state index contributed by atoms with van der Waals surface area (Å²) in [6.45, 7) is 7.37. The Hall–Kier alpha value is -0.250. The fourth-order valence-electron chi connectivity index (χ4n) is 3.34. The molecule has 1 spiro atoms. The van der Waals surface area contributed by atoms with Crippen LogP contribution in [0, 0.1) is 0 Å². The number of piperidine rings is 1. The van der Waals surface area contributed by atoms with E-state index in [4.69, 9.17) is 9.47 Å². The summed E-state index contributed by atoms with van der Waals surface area (Å²) in [4.78, 5) is 0. The van der Waals surface area contributed by atoms with Gasteiger partial charge in [-0.2, -0.15) is 17.0 Å². The van der Waals surface area contributed by atoms with E-state index < -0.39 is 16.0 Å². The zero-order valence-corrected chi connectivity index (χ0v) is 13.6. The van der Waals surface area contributed by atoms with E-state index in [-0.39, 0.29) is 12.1 Å². The number of hydrogen-bond acceptors (Lipinski definition) is 5. The maximum Gasteiger partial charge on any atom is 0.282 e. The van der Waals surface area contributed by atoms with E-state index in [1.54, 1.807) is 8.61 Å². The topological polar surface area (TPSA) is 71.1 Å². The monoisotopic (exact) mass is 319 g/mol. The number of ether oxygens (including phenoxy) is 2. The minimum absolute atomic E-state index is 0.0291. The average molecular weight is 319 g/mol. The van der Waals surface area contributed by atoms with Crippen LogP contribution in [0.15, 0.2) is 0 Å². The summed E-state index contributed by atoms with van der Waals surface area (Å²) in [5.74, 6) is -0.533. The molecule has 0 aromatic carbocycles. The number of nitrogens with zero attached hydrogens (tertiary/aromatic N) is 2. The predicted molar refractivity (Wildman–Crippen MR) is 78.0 cm³/mol. The zero-order chi connectivity index (χ0) is 15.1. The van der Waals surface area contributed by atoms with Gasteiger partial charge < -0.3 is 14.8 Å². The van der Waals surface area contributed by atoms with Gasteiger partial charge >= 0.3 is 0 Å². The Morgan fingerprint density at radius 2 is 1.71 bits per heavy atom. The van der Waals surface area contributed by atoms with Crippen molar-refractivity contribution in [2.45, 2.75) is 44.6 Å². The van der Waals surface area contributed by atoms with Gasteiger partial charge in [0.2, 0.25) is 0 Å². The van der Waals surface area contributed by atoms with Crippen LogP contribution in [0.5, 0.6) is 0 Å². The molecule has 2 unspecified atom stereocenters. The van der Waals surface area contributed by atoms with E-state index in [1.165, 1.54) is 0 Å². The summed E-state index contributed by atoms with van der Waals surface area (Å²) in [6.07, 6.45) is 1.23. The summed E-state index contributed by atoms with van der Waals surface area (Å²) in [7, 11) is -3.40. The molecular weight excluding hydrogens is 294 g/mol. The van der Waals surface area contributed by atoms with E-state index >= 15 is 0 Å². The van der Waals surface area contributed by atoms with Crippen molar-refractivity contribution in [3.8, 4) is 0 Å². The third-order valence-electron chi connectivity index (χ3n) is 4.90. The maximum absolute atomic E-state index is 12.8. The molecule has 0 radical (unpaired) electrons. The van der Waals surface area contributed by atoms with Crippen LogP contribution in [-0.2, 0) is 19.7 Å². The highest BCUT2D eigenvalue weighted by atomic mass is 32.2. The molecule has 1 N–H and O–H groups in total. The van der Waals surface area contributed by atoms with Crippen molar-refractivity contribution in [1.29, 1.82) is 0 Å². The van der Waals surface area contributed by atoms with E-state index in [9.17, 15) is 8.42 Å². The van der Waals surface area contributed by atoms with Crippen LogP contribution in [0.25, 0.3) is 0 Å². The predicted octanol–water partition coefficient (Wildman–Crippen LogP) is -0.248. The van der Waals surface area contributed by atoms with Gasteiger partial charge in [-0.1, -0.05) is 0 Å². The molecule has 0 aliphatic carbocycles. The summed E-state index contributed by atoms with van der Waals surface area (Å²) in [5.41, 5.74) is 0. The van der Waals surface area contributed by atoms with Crippen LogP contribution < -0.4 is 5.32 Å². The fourth-order valence-corrected chi connectivity index (χ4v) is 5.21. The molecule has 0 aromatic rings. The van der Waals surface area contributed by atoms with E-state index in [0.717, 1.165) is 0 Å². The SMILES string of the molecule is CC1NCCN(S(=O)(=O)N2CCC3(CC2)OCCO3)C1C. The molecule has 7 nitrogen and oxygen atoms in total. The first kappa shape index (κ1) is 15.6. The minimum atomic E-state index is -3.40. The van der Waals surface area contributed by atoms with Gasteiger partial charge in [-0.25, -0.2) is 0 Å². The van der Waals surface area contributed by atoms with Gasteiger partial charge in [-0.05, 0) is 13.8 Å². The third-order valence-corrected chi connectivity index (χ3v) is 7.02. The van der Waals surface area contributed by atoms with E-state index in [2.05, 4.69) is 5.32 Å². The smallest absolute Gasteiger partial charge is 0.282 e. The molecule has 21 heavy (non-hydrogen) atoms. The Morgan fingerprint density at radius 3 is 2.33 bits per heavy atom. The lowest BCUT2D eigenvalue weighted by atomic mass is 10.1. The van der Waals surface area contributed by atoms with Crippen molar-refractivity contribution in [3.05, 3.63) is 0 Å². The Bertz CT molecular complexity index is 468. The van der Waals surface area contributed by atoms with Crippen LogP contribution in [0.3, 0.4) is 0 Å². The van der Waals surface area contributed by atoms with Gasteiger partial charge in [0.15, 0.2) is 5.79 Å². The van der Waals surface area contributed by atoms with Crippen molar-refractivity contribution >= 4 is 10.2 Å². The first-order valence-electron chi connectivity index (χ1n) is 7.73. The average Bonchev–Trinajstić information content (AvgIpc) is 2.90. The molecule has 3 saturated heterocycles. The summed E-state index contributed by atoms with van der Waals surface area (Å²) in [5, 5.41) is 3.31. The van der Waals surface area contributed by atoms with Crippen LogP contribution in [0.2, 0.25) is 0 Å². The molecule has 0 amide bonds. The molecule has 3 aliphatic heterocycles. The van der Waals surface area contributed by atoms with Gasteiger partial charge in [0.05, 0.1) is 13.2 Å². The van der Waals surface area contributed by atoms with Gasteiger partial charge in [-0.3, -0.25) is 0 Å². The molecule has 3 rings (SSSR count). The molecule has 0 aromatic heterocycles. The molecule has 8 heteroatoms. The Morgan fingerprint density at radius 1 is 1.10 bits per heavy atom. The van der Waals surface area contributed by atoms with Gasteiger partial charge in [0, 0.05) is 51.1 Å². The van der Waals surface area contributed by atoms with Crippen molar-refractivity contribution in [2.75, 3.05) is 39.4 Å². The van der Waals surface area contributed by atoms with E-state index in [0.29, 0.717) is 52.2 Å². The first-order chi connectivity index (χ1) is 9.95. The number of hydrogen-bond donors (Lipinski definition) is 1. The molecule has 0 saturated carbocycles. The number of rotatable bonds is 2. The summed E-state index contributed by atoms with van der Waals surface area (Å²) in [6, 6.07) is 0.143. The van der Waals surface area contributed by atoms with Crippen molar-refractivity contribution in [1.82, 2.24) is 13.9 Å². The van der Waals surface area contributed by atoms with Crippen molar-refractivity contribution in [3.63, 3.8) is 0 Å². The Labute approximate surface area is 126 Å². The van der Waals surface area contributed by atoms with Crippen molar-refractivity contribution < 1.29 is 17.9 Å². The molecule has 0 bridgehead atoms. The lowest BCUT2D eigenvalue weighted by Gasteiger charge is -2.43. The van der Waals surface area contributed by atoms with Gasteiger partial charge in [0.1, 0.15) is 0 Å². The highest BCUT2D eigenvalue weighted by molar-refractivity contribution is 7.86. The first-order valence-corrected chi connectivity index (χ1v) is 9.13. The maximum atomic E-state index is 12.8. The lowest BCUT2D eigenvalue weighted by Crippen LogP contribution is -2.61. The Balaban J connectivity index is 1.68.